The number of unbranched alkanes of at least 4 members (excludes halogenated alkanes) is 1. The first-order valence-corrected chi connectivity index (χ1v) is 11.1. The summed E-state index contributed by atoms with van der Waals surface area (Å²) in [5, 5.41) is 14.4. The van der Waals surface area contributed by atoms with Gasteiger partial charge in [-0.2, -0.15) is 0 Å². The lowest BCUT2D eigenvalue weighted by atomic mass is 9.91. The quantitative estimate of drug-likeness (QED) is 0.146. The molecule has 0 radical (unpaired) electrons. The van der Waals surface area contributed by atoms with Crippen LogP contribution in [0.1, 0.15) is 54.4 Å². The van der Waals surface area contributed by atoms with E-state index < -0.39 is 10.9 Å². The van der Waals surface area contributed by atoms with E-state index in [1.807, 2.05) is 0 Å². The van der Waals surface area contributed by atoms with Gasteiger partial charge in [-0.05, 0) is 56.0 Å². The molecule has 2 aromatic carbocycles. The monoisotopic (exact) mass is 438 g/mol. The molecular weight excluding hydrogens is 408 g/mol. The first kappa shape index (κ1) is 23.4. The molecule has 0 spiro atoms. The summed E-state index contributed by atoms with van der Waals surface area (Å²) in [6, 6.07) is 15.8. The molecule has 0 aliphatic carbocycles. The van der Waals surface area contributed by atoms with Gasteiger partial charge in [0.1, 0.15) is 5.84 Å². The third-order valence-electron chi connectivity index (χ3n) is 5.81. The number of amidine groups is 1. The number of nitrogens with two attached hydrogens (primary N) is 1. The van der Waals surface area contributed by atoms with Gasteiger partial charge in [0.25, 0.3) is 5.69 Å². The Balaban J connectivity index is 1.29. The van der Waals surface area contributed by atoms with Crippen molar-refractivity contribution < 1.29 is 14.6 Å². The summed E-state index contributed by atoms with van der Waals surface area (Å²) in [5.74, 6) is 0.336. The van der Waals surface area contributed by atoms with Crippen LogP contribution in [-0.2, 0) is 11.4 Å². The summed E-state index contributed by atoms with van der Waals surface area (Å²) in [6.07, 6.45) is 6.16. The number of rotatable bonds is 10. The molecule has 1 saturated heterocycles. The Bertz CT molecular complexity index is 907. The van der Waals surface area contributed by atoms with Crippen LogP contribution in [0.5, 0.6) is 0 Å². The van der Waals surface area contributed by atoms with Crippen molar-refractivity contribution in [2.75, 3.05) is 13.1 Å². The van der Waals surface area contributed by atoms with E-state index in [0.29, 0.717) is 6.42 Å². The Morgan fingerprint density at radius 1 is 1.09 bits per heavy atom. The fraction of sp³-hybridized carbons (Fsp3) is 0.417. The van der Waals surface area contributed by atoms with Crippen molar-refractivity contribution in [3.63, 3.8) is 0 Å². The van der Waals surface area contributed by atoms with E-state index in [2.05, 4.69) is 40.4 Å². The number of carbonyl (C=O) groups excluding carboxylic acids is 1. The molecule has 2 aromatic rings. The third-order valence-corrected chi connectivity index (χ3v) is 5.81. The molecule has 0 aromatic heterocycles. The van der Waals surface area contributed by atoms with Gasteiger partial charge in [-0.15, -0.1) is 0 Å². The number of hydrogen-bond donors (Lipinski definition) is 1. The van der Waals surface area contributed by atoms with Crippen LogP contribution in [0.15, 0.2) is 59.8 Å². The zero-order valence-corrected chi connectivity index (χ0v) is 18.2. The molecule has 0 saturated carbocycles. The highest BCUT2D eigenvalue weighted by molar-refractivity contribution is 5.90. The summed E-state index contributed by atoms with van der Waals surface area (Å²) in [4.78, 5) is 29.4. The molecule has 1 heterocycles. The number of likely N-dealkylation sites (tertiary alicyclic amines) is 1. The average molecular weight is 439 g/mol. The van der Waals surface area contributed by atoms with Crippen molar-refractivity contribution >= 4 is 17.5 Å². The summed E-state index contributed by atoms with van der Waals surface area (Å²) in [6.45, 7) is 3.31. The molecule has 1 fully saturated rings. The largest absolute Gasteiger partial charge is 0.384 e. The zero-order valence-electron chi connectivity index (χ0n) is 18.2. The number of oxime groups is 1. The average Bonchev–Trinajstić information content (AvgIpc) is 2.82. The molecule has 170 valence electrons. The maximum absolute atomic E-state index is 11.9. The fourth-order valence-corrected chi connectivity index (χ4v) is 3.93. The van der Waals surface area contributed by atoms with Crippen LogP contribution in [0.2, 0.25) is 0 Å². The minimum Gasteiger partial charge on any atom is -0.384 e. The minimum absolute atomic E-state index is 0.0913. The predicted octanol–water partition coefficient (Wildman–Crippen LogP) is 4.50. The van der Waals surface area contributed by atoms with Gasteiger partial charge in [0.15, 0.2) is 0 Å². The van der Waals surface area contributed by atoms with Crippen LogP contribution >= 0.6 is 0 Å². The second kappa shape index (κ2) is 12.0. The van der Waals surface area contributed by atoms with E-state index in [4.69, 9.17) is 10.6 Å². The summed E-state index contributed by atoms with van der Waals surface area (Å²) in [7, 11) is 0. The normalized spacial score (nSPS) is 15.4. The summed E-state index contributed by atoms with van der Waals surface area (Å²) >= 11 is 0. The Morgan fingerprint density at radius 2 is 1.78 bits per heavy atom. The van der Waals surface area contributed by atoms with Gasteiger partial charge in [-0.25, -0.2) is 4.79 Å². The van der Waals surface area contributed by atoms with Gasteiger partial charge in [0.05, 0.1) is 10.5 Å². The van der Waals surface area contributed by atoms with Crippen LogP contribution in [0.4, 0.5) is 5.69 Å². The number of nitrogens with zero attached hydrogens (tertiary/aromatic N) is 3. The molecule has 0 atom stereocenters. The van der Waals surface area contributed by atoms with E-state index >= 15 is 0 Å². The van der Waals surface area contributed by atoms with Crippen LogP contribution < -0.4 is 5.73 Å². The Morgan fingerprint density at radius 3 is 2.44 bits per heavy atom. The lowest BCUT2D eigenvalue weighted by molar-refractivity contribution is -0.384. The lowest BCUT2D eigenvalue weighted by Gasteiger charge is -2.32. The van der Waals surface area contributed by atoms with Crippen molar-refractivity contribution in [2.45, 2.75) is 45.1 Å². The first-order valence-electron chi connectivity index (χ1n) is 11.1. The molecule has 1 aliphatic heterocycles. The number of non-ortho nitro benzene ring substituents is 1. The highest BCUT2D eigenvalue weighted by Crippen LogP contribution is 2.24. The number of hydrogen-bond acceptors (Lipinski definition) is 6. The van der Waals surface area contributed by atoms with Gasteiger partial charge < -0.3 is 10.6 Å². The summed E-state index contributed by atoms with van der Waals surface area (Å²) < 4.78 is 0. The van der Waals surface area contributed by atoms with E-state index in [1.165, 1.54) is 49.1 Å². The second-order valence-electron chi connectivity index (χ2n) is 8.22. The molecule has 8 heteroatoms. The van der Waals surface area contributed by atoms with Crippen LogP contribution in [0.3, 0.4) is 0 Å². The van der Waals surface area contributed by atoms with Gasteiger partial charge in [-0.1, -0.05) is 48.3 Å². The number of piperidine rings is 1. The molecule has 1 aliphatic rings. The third kappa shape index (κ3) is 7.46. The summed E-state index contributed by atoms with van der Waals surface area (Å²) in [5.41, 5.74) is 7.32. The van der Waals surface area contributed by atoms with E-state index in [1.54, 1.807) is 0 Å². The number of nitro groups is 1. The predicted molar refractivity (Wildman–Crippen MR) is 123 cm³/mol. The Labute approximate surface area is 188 Å². The SMILES string of the molecule is N/C(CCCCC1CCN(Cc2ccccc2)CC1)=N\OC(=O)c1ccc([N+](=O)[O-])cc1. The fourth-order valence-electron chi connectivity index (χ4n) is 3.93. The van der Waals surface area contributed by atoms with E-state index in [-0.39, 0.29) is 17.1 Å². The van der Waals surface area contributed by atoms with Crippen molar-refractivity contribution in [1.29, 1.82) is 0 Å². The van der Waals surface area contributed by atoms with Crippen molar-refractivity contribution in [1.82, 2.24) is 4.90 Å². The molecule has 0 unspecified atom stereocenters. The minimum atomic E-state index is -0.690. The molecular formula is C24H30N4O4. The molecule has 0 amide bonds. The number of carbonyl (C=O) groups is 1. The molecule has 0 bridgehead atoms. The van der Waals surface area contributed by atoms with Gasteiger partial charge in [-0.3, -0.25) is 15.0 Å². The van der Waals surface area contributed by atoms with Gasteiger partial charge in [0.2, 0.25) is 0 Å². The Hall–Kier alpha value is -3.26. The smallest absolute Gasteiger partial charge is 0.365 e. The maximum atomic E-state index is 11.9. The van der Waals surface area contributed by atoms with Crippen LogP contribution in [0, 0.1) is 16.0 Å². The molecule has 8 nitrogen and oxygen atoms in total. The standard InChI is InChI=1S/C24H30N4O4/c25-23(26-32-24(29)21-10-12-22(13-11-21)28(30)31)9-5-4-6-19-14-16-27(17-15-19)18-20-7-2-1-3-8-20/h1-3,7-8,10-13,19H,4-6,9,14-18H2,(H2,25,26). The van der Waals surface area contributed by atoms with Crippen LogP contribution in [0.25, 0.3) is 0 Å². The number of benzene rings is 2. The van der Waals surface area contributed by atoms with Crippen molar-refractivity contribution in [3.8, 4) is 0 Å². The van der Waals surface area contributed by atoms with Gasteiger partial charge in [0, 0.05) is 25.1 Å². The van der Waals surface area contributed by atoms with Crippen molar-refractivity contribution in [3.05, 3.63) is 75.8 Å². The van der Waals surface area contributed by atoms with E-state index in [0.717, 1.165) is 38.4 Å². The maximum Gasteiger partial charge on any atom is 0.365 e. The number of nitro benzene ring substituents is 1. The lowest BCUT2D eigenvalue weighted by Crippen LogP contribution is -2.33. The van der Waals surface area contributed by atoms with Crippen LogP contribution in [-0.4, -0.2) is 34.7 Å². The highest BCUT2D eigenvalue weighted by Gasteiger charge is 2.19. The zero-order chi connectivity index (χ0) is 22.8. The topological polar surface area (TPSA) is 111 Å². The Kier molecular flexibility index (Phi) is 8.74. The molecule has 3 rings (SSSR count). The highest BCUT2D eigenvalue weighted by atomic mass is 16.7. The second-order valence-corrected chi connectivity index (χ2v) is 8.22. The molecule has 2 N–H and O–H groups in total. The molecule has 32 heavy (non-hydrogen) atoms. The van der Waals surface area contributed by atoms with Gasteiger partial charge >= 0.3 is 5.97 Å². The van der Waals surface area contributed by atoms with E-state index in [9.17, 15) is 14.9 Å². The first-order chi connectivity index (χ1) is 15.5. The van der Waals surface area contributed by atoms with Crippen molar-refractivity contribution in [2.24, 2.45) is 16.8 Å².